The number of hydrogen-bond acceptors (Lipinski definition) is 5. The molecule has 5 nitrogen and oxygen atoms in total. The first kappa shape index (κ1) is 13.7. The van der Waals surface area contributed by atoms with Gasteiger partial charge >= 0.3 is 5.97 Å². The largest absolute Gasteiger partial charge is 0.480 e. The molecule has 0 rings (SSSR count). The van der Waals surface area contributed by atoms with E-state index in [2.05, 4.69) is 0 Å². The normalized spacial score (nSPS) is 13.9. The van der Waals surface area contributed by atoms with Gasteiger partial charge in [0, 0.05) is 12.0 Å². The third kappa shape index (κ3) is 8.33. The maximum absolute atomic E-state index is 10.7. The topological polar surface area (TPSA) is 97.5 Å². The second-order valence-electron chi connectivity index (χ2n) is 3.00. The highest BCUT2D eigenvalue weighted by Gasteiger charge is 2.10. The highest BCUT2D eigenvalue weighted by atomic mass is 32.2. The van der Waals surface area contributed by atoms with Crippen LogP contribution in [0.1, 0.15) is 6.42 Å². The van der Waals surface area contributed by atoms with E-state index in [9.17, 15) is 13.2 Å². The highest BCUT2D eigenvalue weighted by molar-refractivity contribution is 7.99. The summed E-state index contributed by atoms with van der Waals surface area (Å²) in [6.45, 7) is 0. The molecule has 14 heavy (non-hydrogen) atoms. The number of aliphatic carboxylic acids is 1. The predicted molar refractivity (Wildman–Crippen MR) is 57.3 cm³/mol. The smallest absolute Gasteiger partial charge is 0.321 e. The number of carboxylic acids is 1. The van der Waals surface area contributed by atoms with Gasteiger partial charge in [0.05, 0.1) is 5.75 Å². The van der Waals surface area contributed by atoms with Gasteiger partial charge in [0.25, 0.3) is 0 Å². The van der Waals surface area contributed by atoms with E-state index in [-0.39, 0.29) is 5.75 Å². The van der Waals surface area contributed by atoms with Gasteiger partial charge < -0.3 is 10.8 Å². The summed E-state index contributed by atoms with van der Waals surface area (Å²) >= 11 is 1.36. The zero-order valence-corrected chi connectivity index (χ0v) is 9.60. The van der Waals surface area contributed by atoms with Crippen LogP contribution in [0.3, 0.4) is 0 Å². The van der Waals surface area contributed by atoms with Gasteiger partial charge in [0.15, 0.2) is 0 Å². The van der Waals surface area contributed by atoms with Gasteiger partial charge in [-0.15, -0.1) is 0 Å². The second-order valence-corrected chi connectivity index (χ2v) is 6.41. The molecule has 0 amide bonds. The summed E-state index contributed by atoms with van der Waals surface area (Å²) in [5.74, 6) is 0.0516. The van der Waals surface area contributed by atoms with Crippen molar-refractivity contribution in [1.82, 2.24) is 0 Å². The Hall–Kier alpha value is -0.270. The molecule has 0 aliphatic heterocycles. The van der Waals surface area contributed by atoms with Gasteiger partial charge in [-0.25, -0.2) is 8.42 Å². The molecule has 0 saturated heterocycles. The average Bonchev–Trinajstić information content (AvgIpc) is 2.01. The van der Waals surface area contributed by atoms with Crippen molar-refractivity contribution in [2.75, 3.05) is 23.5 Å². The van der Waals surface area contributed by atoms with Crippen LogP contribution < -0.4 is 5.73 Å². The molecule has 0 aliphatic rings. The molecule has 0 aromatic rings. The van der Waals surface area contributed by atoms with Crippen LogP contribution in [0.5, 0.6) is 0 Å². The maximum atomic E-state index is 10.7. The van der Waals surface area contributed by atoms with Crippen molar-refractivity contribution in [2.24, 2.45) is 5.73 Å². The van der Waals surface area contributed by atoms with E-state index >= 15 is 0 Å². The third-order valence-electron chi connectivity index (χ3n) is 1.42. The Morgan fingerprint density at radius 2 is 2.14 bits per heavy atom. The molecule has 1 unspecified atom stereocenters. The van der Waals surface area contributed by atoms with Crippen molar-refractivity contribution >= 4 is 27.6 Å². The molecule has 0 aromatic carbocycles. The summed E-state index contributed by atoms with van der Waals surface area (Å²) < 4.78 is 21.4. The van der Waals surface area contributed by atoms with Gasteiger partial charge in [-0.1, -0.05) is 0 Å². The van der Waals surface area contributed by atoms with E-state index in [0.29, 0.717) is 17.9 Å². The van der Waals surface area contributed by atoms with Crippen molar-refractivity contribution in [3.63, 3.8) is 0 Å². The maximum Gasteiger partial charge on any atom is 0.321 e. The lowest BCUT2D eigenvalue weighted by Crippen LogP contribution is -2.32. The summed E-state index contributed by atoms with van der Waals surface area (Å²) in [5, 5.41) is 8.43. The van der Waals surface area contributed by atoms with E-state index in [1.165, 1.54) is 18.0 Å². The summed E-state index contributed by atoms with van der Waals surface area (Å²) in [6, 6.07) is -0.863. The molecule has 0 aromatic heterocycles. The van der Waals surface area contributed by atoms with Crippen molar-refractivity contribution < 1.29 is 18.3 Å². The lowest BCUT2D eigenvalue weighted by molar-refractivity contribution is -0.137. The quantitative estimate of drug-likeness (QED) is 0.587. The Morgan fingerprint density at radius 1 is 1.57 bits per heavy atom. The van der Waals surface area contributed by atoms with Crippen LogP contribution in [0.25, 0.3) is 0 Å². The molecule has 7 heteroatoms. The molecule has 0 fully saturated rings. The van der Waals surface area contributed by atoms with Crippen molar-refractivity contribution in [3.05, 3.63) is 0 Å². The molecule has 0 radical (unpaired) electrons. The average molecular weight is 241 g/mol. The standard InChI is InChI=1S/C7H15NO4S2/c1-14(11,12)4-2-3-13-5-6(8)7(9)10/h6H,2-5,8H2,1H3,(H,9,10). The van der Waals surface area contributed by atoms with Crippen LogP contribution in [-0.4, -0.2) is 49.0 Å². The molecule has 84 valence electrons. The monoisotopic (exact) mass is 241 g/mol. The third-order valence-corrected chi connectivity index (χ3v) is 3.62. The van der Waals surface area contributed by atoms with Crippen LogP contribution >= 0.6 is 11.8 Å². The predicted octanol–water partition coefficient (Wildman–Crippen LogP) is -0.434. The highest BCUT2D eigenvalue weighted by Crippen LogP contribution is 2.05. The molecule has 1 atom stereocenters. The number of nitrogens with two attached hydrogens (primary N) is 1. The number of carbonyl (C=O) groups is 1. The summed E-state index contributed by atoms with van der Waals surface area (Å²) in [6.07, 6.45) is 1.72. The summed E-state index contributed by atoms with van der Waals surface area (Å²) in [5.41, 5.74) is 5.25. The number of hydrogen-bond donors (Lipinski definition) is 2. The molecule has 0 aliphatic carbocycles. The lowest BCUT2D eigenvalue weighted by atomic mass is 10.4. The van der Waals surface area contributed by atoms with E-state index in [1.807, 2.05) is 0 Å². The second kappa shape index (κ2) is 6.26. The van der Waals surface area contributed by atoms with Crippen LogP contribution in [-0.2, 0) is 14.6 Å². The molecule has 0 bridgehead atoms. The lowest BCUT2D eigenvalue weighted by Gasteiger charge is -2.05. The minimum absolute atomic E-state index is 0.141. The Morgan fingerprint density at radius 3 is 2.57 bits per heavy atom. The van der Waals surface area contributed by atoms with Crippen molar-refractivity contribution in [2.45, 2.75) is 12.5 Å². The Labute approximate surface area is 88.0 Å². The minimum Gasteiger partial charge on any atom is -0.480 e. The summed E-state index contributed by atoms with van der Waals surface area (Å²) in [4.78, 5) is 10.3. The van der Waals surface area contributed by atoms with E-state index < -0.39 is 21.8 Å². The first-order valence-corrected chi connectivity index (χ1v) is 7.28. The zero-order chi connectivity index (χ0) is 11.2. The van der Waals surface area contributed by atoms with Gasteiger partial charge in [0.1, 0.15) is 15.9 Å². The Balaban J connectivity index is 3.44. The SMILES string of the molecule is CS(=O)(=O)CCCSCC(N)C(=O)O. The van der Waals surface area contributed by atoms with Gasteiger partial charge in [-0.05, 0) is 12.2 Å². The number of carboxylic acid groups (broad SMARTS) is 1. The molecular weight excluding hydrogens is 226 g/mol. The van der Waals surface area contributed by atoms with E-state index in [1.54, 1.807) is 0 Å². The van der Waals surface area contributed by atoms with Gasteiger partial charge in [-0.2, -0.15) is 11.8 Å². The zero-order valence-electron chi connectivity index (χ0n) is 7.97. The van der Waals surface area contributed by atoms with Crippen LogP contribution in [0.2, 0.25) is 0 Å². The number of rotatable bonds is 7. The Kier molecular flexibility index (Phi) is 6.14. The fourth-order valence-electron chi connectivity index (χ4n) is 0.705. The summed E-state index contributed by atoms with van der Waals surface area (Å²) in [7, 11) is -2.90. The molecular formula is C7H15NO4S2. The van der Waals surface area contributed by atoms with Crippen LogP contribution in [0.15, 0.2) is 0 Å². The van der Waals surface area contributed by atoms with Crippen molar-refractivity contribution in [3.8, 4) is 0 Å². The molecule has 0 spiro atoms. The van der Waals surface area contributed by atoms with Gasteiger partial charge in [-0.3, -0.25) is 4.79 Å². The van der Waals surface area contributed by atoms with Crippen molar-refractivity contribution in [1.29, 1.82) is 0 Å². The van der Waals surface area contributed by atoms with E-state index in [4.69, 9.17) is 10.8 Å². The van der Waals surface area contributed by atoms with Crippen LogP contribution in [0.4, 0.5) is 0 Å². The van der Waals surface area contributed by atoms with E-state index in [0.717, 1.165) is 0 Å². The fourth-order valence-corrected chi connectivity index (χ4v) is 2.47. The minimum atomic E-state index is -2.90. The number of thioether (sulfide) groups is 1. The Bertz CT molecular complexity index is 275. The van der Waals surface area contributed by atoms with Gasteiger partial charge in [0.2, 0.25) is 0 Å². The fraction of sp³-hybridized carbons (Fsp3) is 0.857. The first-order valence-electron chi connectivity index (χ1n) is 4.07. The molecule has 0 saturated carbocycles. The molecule has 3 N–H and O–H groups in total. The number of sulfone groups is 1. The van der Waals surface area contributed by atoms with Crippen LogP contribution in [0, 0.1) is 0 Å². The first-order chi connectivity index (χ1) is 6.33. The molecule has 0 heterocycles.